The maximum atomic E-state index is 11.7. The van der Waals surface area contributed by atoms with Crippen molar-refractivity contribution >= 4 is 5.91 Å². The van der Waals surface area contributed by atoms with E-state index in [1.807, 2.05) is 17.9 Å². The van der Waals surface area contributed by atoms with E-state index in [0.717, 1.165) is 32.7 Å². The molecule has 0 bridgehead atoms. The summed E-state index contributed by atoms with van der Waals surface area (Å²) in [6, 6.07) is 10.6. The van der Waals surface area contributed by atoms with Gasteiger partial charge in [-0.25, -0.2) is 0 Å². The Morgan fingerprint density at radius 1 is 1.40 bits per heavy atom. The van der Waals surface area contributed by atoms with Gasteiger partial charge >= 0.3 is 0 Å². The van der Waals surface area contributed by atoms with Gasteiger partial charge < -0.3 is 10.6 Å². The van der Waals surface area contributed by atoms with Crippen LogP contribution in [0.3, 0.4) is 0 Å². The van der Waals surface area contributed by atoms with Gasteiger partial charge in [0, 0.05) is 26.2 Å². The third kappa shape index (κ3) is 4.05. The van der Waals surface area contributed by atoms with E-state index in [2.05, 4.69) is 29.2 Å². The van der Waals surface area contributed by atoms with Gasteiger partial charge in [0.25, 0.3) is 0 Å². The summed E-state index contributed by atoms with van der Waals surface area (Å²) in [6.45, 7) is 6.94. The number of carbonyl (C=O) groups is 1. The summed E-state index contributed by atoms with van der Waals surface area (Å²) in [5, 5.41) is 0. The molecular formula is C16H25N3O. The third-order valence-corrected chi connectivity index (χ3v) is 4.01. The first-order valence-electron chi connectivity index (χ1n) is 7.47. The molecule has 20 heavy (non-hydrogen) atoms. The van der Waals surface area contributed by atoms with E-state index in [9.17, 15) is 4.79 Å². The predicted molar refractivity (Wildman–Crippen MR) is 81.1 cm³/mol. The minimum absolute atomic E-state index is 0.0639. The second kappa shape index (κ2) is 7.41. The van der Waals surface area contributed by atoms with Crippen LogP contribution in [0.5, 0.6) is 0 Å². The molecule has 2 N–H and O–H groups in total. The third-order valence-electron chi connectivity index (χ3n) is 4.01. The van der Waals surface area contributed by atoms with E-state index in [-0.39, 0.29) is 12.5 Å². The van der Waals surface area contributed by atoms with E-state index in [0.29, 0.717) is 5.92 Å². The van der Waals surface area contributed by atoms with Crippen LogP contribution in [0, 0.1) is 5.92 Å². The Morgan fingerprint density at radius 2 is 2.15 bits per heavy atom. The lowest BCUT2D eigenvalue weighted by atomic mass is 10.1. The van der Waals surface area contributed by atoms with Crippen LogP contribution in [0.1, 0.15) is 18.9 Å². The summed E-state index contributed by atoms with van der Waals surface area (Å²) in [5.74, 6) is 0.642. The van der Waals surface area contributed by atoms with Gasteiger partial charge in [-0.05, 0) is 31.4 Å². The molecule has 1 aromatic carbocycles. The zero-order valence-corrected chi connectivity index (χ0v) is 12.3. The van der Waals surface area contributed by atoms with Crippen LogP contribution in [0.2, 0.25) is 0 Å². The van der Waals surface area contributed by atoms with Crippen LogP contribution in [-0.4, -0.2) is 48.4 Å². The number of nitrogens with two attached hydrogens (primary N) is 1. The van der Waals surface area contributed by atoms with Crippen molar-refractivity contribution in [2.45, 2.75) is 19.9 Å². The molecule has 0 unspecified atom stereocenters. The van der Waals surface area contributed by atoms with Crippen molar-refractivity contribution in [1.82, 2.24) is 9.80 Å². The molecule has 0 radical (unpaired) electrons. The maximum Gasteiger partial charge on any atom is 0.236 e. The lowest BCUT2D eigenvalue weighted by Crippen LogP contribution is -2.39. The van der Waals surface area contributed by atoms with Gasteiger partial charge in [-0.15, -0.1) is 0 Å². The van der Waals surface area contributed by atoms with Crippen molar-refractivity contribution in [1.29, 1.82) is 0 Å². The van der Waals surface area contributed by atoms with Crippen molar-refractivity contribution in [3.8, 4) is 0 Å². The topological polar surface area (TPSA) is 49.6 Å². The first kappa shape index (κ1) is 15.0. The molecule has 1 aromatic rings. The smallest absolute Gasteiger partial charge is 0.236 e. The number of rotatable bonds is 6. The molecular weight excluding hydrogens is 250 g/mol. The largest absolute Gasteiger partial charge is 0.342 e. The Morgan fingerprint density at radius 3 is 2.80 bits per heavy atom. The van der Waals surface area contributed by atoms with Gasteiger partial charge in [0.2, 0.25) is 5.91 Å². The first-order chi connectivity index (χ1) is 9.72. The summed E-state index contributed by atoms with van der Waals surface area (Å²) in [6.07, 6.45) is 1.17. The summed E-state index contributed by atoms with van der Waals surface area (Å²) in [5.41, 5.74) is 6.81. The molecule has 4 heteroatoms. The fourth-order valence-corrected chi connectivity index (χ4v) is 2.90. The highest BCUT2D eigenvalue weighted by Crippen LogP contribution is 2.19. The summed E-state index contributed by atoms with van der Waals surface area (Å²) >= 11 is 0. The monoisotopic (exact) mass is 275 g/mol. The number of hydrogen-bond acceptors (Lipinski definition) is 3. The highest BCUT2D eigenvalue weighted by atomic mass is 16.2. The van der Waals surface area contributed by atoms with Gasteiger partial charge in [-0.1, -0.05) is 30.3 Å². The molecule has 1 saturated heterocycles. The molecule has 1 atom stereocenters. The molecule has 110 valence electrons. The SMILES string of the molecule is CCN(C[C@H]1CCN(Cc2ccccc2)C1)C(=O)CN. The van der Waals surface area contributed by atoms with E-state index in [4.69, 9.17) is 5.73 Å². The predicted octanol–water partition coefficient (Wildman–Crippen LogP) is 1.32. The van der Waals surface area contributed by atoms with Gasteiger partial charge in [0.05, 0.1) is 6.54 Å². The van der Waals surface area contributed by atoms with Crippen LogP contribution in [-0.2, 0) is 11.3 Å². The van der Waals surface area contributed by atoms with Crippen LogP contribution >= 0.6 is 0 Å². The molecule has 2 rings (SSSR count). The van der Waals surface area contributed by atoms with Gasteiger partial charge in [0.15, 0.2) is 0 Å². The molecule has 1 fully saturated rings. The zero-order valence-electron chi connectivity index (χ0n) is 12.3. The van der Waals surface area contributed by atoms with Gasteiger partial charge in [-0.2, -0.15) is 0 Å². The molecule has 1 aliphatic heterocycles. The fraction of sp³-hybridized carbons (Fsp3) is 0.562. The van der Waals surface area contributed by atoms with E-state index in [1.165, 1.54) is 12.0 Å². The number of likely N-dealkylation sites (tertiary alicyclic amines) is 1. The molecule has 1 aliphatic rings. The van der Waals surface area contributed by atoms with Crippen molar-refractivity contribution in [2.75, 3.05) is 32.7 Å². The maximum absolute atomic E-state index is 11.7. The van der Waals surface area contributed by atoms with E-state index >= 15 is 0 Å². The van der Waals surface area contributed by atoms with Crippen molar-refractivity contribution in [2.24, 2.45) is 11.7 Å². The number of likely N-dealkylation sites (N-methyl/N-ethyl adjacent to an activating group) is 1. The average molecular weight is 275 g/mol. The highest BCUT2D eigenvalue weighted by molar-refractivity contribution is 5.77. The summed E-state index contributed by atoms with van der Waals surface area (Å²) in [4.78, 5) is 16.0. The van der Waals surface area contributed by atoms with Crippen LogP contribution in [0.25, 0.3) is 0 Å². The van der Waals surface area contributed by atoms with Crippen LogP contribution in [0.15, 0.2) is 30.3 Å². The molecule has 1 heterocycles. The van der Waals surface area contributed by atoms with E-state index < -0.39 is 0 Å². The Labute approximate surface area is 121 Å². The lowest BCUT2D eigenvalue weighted by molar-refractivity contribution is -0.130. The number of carbonyl (C=O) groups excluding carboxylic acids is 1. The minimum atomic E-state index is 0.0639. The number of amides is 1. The van der Waals surface area contributed by atoms with Gasteiger partial charge in [-0.3, -0.25) is 9.69 Å². The average Bonchev–Trinajstić information content (AvgIpc) is 2.92. The van der Waals surface area contributed by atoms with E-state index in [1.54, 1.807) is 0 Å². The Kier molecular flexibility index (Phi) is 5.56. The Hall–Kier alpha value is -1.39. The standard InChI is InChI=1S/C16H25N3O/c1-2-19(16(20)10-17)13-15-8-9-18(12-15)11-14-6-4-3-5-7-14/h3-7,15H,2,8-13,17H2,1H3/t15-/m0/s1. The fourth-order valence-electron chi connectivity index (χ4n) is 2.90. The summed E-state index contributed by atoms with van der Waals surface area (Å²) in [7, 11) is 0. The molecule has 1 amide bonds. The molecule has 4 nitrogen and oxygen atoms in total. The van der Waals surface area contributed by atoms with Crippen molar-refractivity contribution in [3.63, 3.8) is 0 Å². The Balaban J connectivity index is 1.81. The molecule has 0 aliphatic carbocycles. The molecule has 0 aromatic heterocycles. The van der Waals surface area contributed by atoms with Crippen molar-refractivity contribution in [3.05, 3.63) is 35.9 Å². The lowest BCUT2D eigenvalue weighted by Gasteiger charge is -2.24. The van der Waals surface area contributed by atoms with Crippen LogP contribution < -0.4 is 5.73 Å². The molecule has 0 spiro atoms. The number of hydrogen-bond donors (Lipinski definition) is 1. The van der Waals surface area contributed by atoms with Crippen molar-refractivity contribution < 1.29 is 4.79 Å². The summed E-state index contributed by atoms with van der Waals surface area (Å²) < 4.78 is 0. The van der Waals surface area contributed by atoms with Gasteiger partial charge in [0.1, 0.15) is 0 Å². The molecule has 0 saturated carbocycles. The highest BCUT2D eigenvalue weighted by Gasteiger charge is 2.25. The zero-order chi connectivity index (χ0) is 14.4. The second-order valence-corrected chi connectivity index (χ2v) is 5.51. The first-order valence-corrected chi connectivity index (χ1v) is 7.47. The number of benzene rings is 1. The van der Waals surface area contributed by atoms with Crippen LogP contribution in [0.4, 0.5) is 0 Å². The number of nitrogens with zero attached hydrogens (tertiary/aromatic N) is 2. The quantitative estimate of drug-likeness (QED) is 0.852. The Bertz CT molecular complexity index is 421. The second-order valence-electron chi connectivity index (χ2n) is 5.51. The normalized spacial score (nSPS) is 19.2. The minimum Gasteiger partial charge on any atom is -0.342 e.